The van der Waals surface area contributed by atoms with Gasteiger partial charge < -0.3 is 4.55 Å². The van der Waals surface area contributed by atoms with Crippen molar-refractivity contribution in [1.29, 1.82) is 0 Å². The van der Waals surface area contributed by atoms with Crippen molar-refractivity contribution in [2.45, 2.75) is 4.90 Å². The van der Waals surface area contributed by atoms with Crippen LogP contribution in [0.1, 0.15) is 11.1 Å². The molecule has 0 spiro atoms. The van der Waals surface area contributed by atoms with E-state index in [0.717, 1.165) is 11.1 Å². The van der Waals surface area contributed by atoms with Crippen LogP contribution in [0.25, 0.3) is 23.3 Å². The van der Waals surface area contributed by atoms with Crippen molar-refractivity contribution in [3.63, 3.8) is 0 Å². The Kier molecular flexibility index (Phi) is 6.76. The molecule has 0 N–H and O–H groups in total. The van der Waals surface area contributed by atoms with Crippen molar-refractivity contribution in [3.8, 4) is 11.1 Å². The van der Waals surface area contributed by atoms with Crippen LogP contribution >= 0.6 is 0 Å². The van der Waals surface area contributed by atoms with Gasteiger partial charge in [-0.25, -0.2) is 8.42 Å². The second-order valence-electron chi connectivity index (χ2n) is 5.28. The molecule has 3 rings (SSSR count). The van der Waals surface area contributed by atoms with Crippen LogP contribution in [0.5, 0.6) is 0 Å². The minimum atomic E-state index is -4.57. The first-order chi connectivity index (χ1) is 11.6. The zero-order valence-corrected chi connectivity index (χ0v) is 16.6. The first-order valence-electron chi connectivity index (χ1n) is 7.43. The smallest absolute Gasteiger partial charge is 0.744 e. The Morgan fingerprint density at radius 3 is 1.92 bits per heavy atom. The fourth-order valence-electron chi connectivity index (χ4n) is 2.55. The van der Waals surface area contributed by atoms with Gasteiger partial charge in [0.25, 0.3) is 0 Å². The summed E-state index contributed by atoms with van der Waals surface area (Å²) in [5.41, 5.74) is 2.90. The fraction of sp³-hybridized carbons (Fsp3) is 0. The van der Waals surface area contributed by atoms with Crippen LogP contribution in [0.4, 0.5) is 0 Å². The maximum absolute atomic E-state index is 11.7. The van der Waals surface area contributed by atoms with E-state index in [-0.39, 0.29) is 34.5 Å². The summed E-state index contributed by atoms with van der Waals surface area (Å²) >= 11 is 0. The minimum Gasteiger partial charge on any atom is -0.744 e. The Morgan fingerprint density at radius 2 is 1.32 bits per heavy atom. The van der Waals surface area contributed by atoms with E-state index in [4.69, 9.17) is 0 Å². The standard InChI is InChI=1S/C20H16O3S.Na/c21-24(22,23)20-13-7-12-18(17-10-5-2-6-11-17)19(20)15-14-16-8-3-1-4-9-16;/h1-15H,(H,21,22,23);/q;+1/p-1. The molecular formula is C20H15NaO3S. The second kappa shape index (κ2) is 8.61. The van der Waals surface area contributed by atoms with Crippen LogP contribution in [-0.2, 0) is 10.1 Å². The zero-order valence-electron chi connectivity index (χ0n) is 13.8. The van der Waals surface area contributed by atoms with E-state index in [9.17, 15) is 13.0 Å². The number of hydrogen-bond acceptors (Lipinski definition) is 3. The molecule has 3 nitrogen and oxygen atoms in total. The first kappa shape index (κ1) is 19.6. The van der Waals surface area contributed by atoms with Crippen LogP contribution in [0.3, 0.4) is 0 Å². The van der Waals surface area contributed by atoms with Gasteiger partial charge in [0.2, 0.25) is 0 Å². The van der Waals surface area contributed by atoms with Gasteiger partial charge in [0, 0.05) is 0 Å². The average molecular weight is 358 g/mol. The molecule has 120 valence electrons. The summed E-state index contributed by atoms with van der Waals surface area (Å²) in [5.74, 6) is 0. The summed E-state index contributed by atoms with van der Waals surface area (Å²) in [6.07, 6.45) is 3.49. The molecule has 5 heteroatoms. The molecule has 0 saturated carbocycles. The summed E-state index contributed by atoms with van der Waals surface area (Å²) in [6.45, 7) is 0. The van der Waals surface area contributed by atoms with Gasteiger partial charge in [-0.1, -0.05) is 84.9 Å². The molecule has 0 aliphatic rings. The Balaban J connectivity index is 0.00000225. The molecule has 3 aromatic carbocycles. The Bertz CT molecular complexity index is 966. The normalized spacial score (nSPS) is 11.2. The van der Waals surface area contributed by atoms with Gasteiger partial charge in [-0.05, 0) is 28.3 Å². The molecule has 0 aliphatic heterocycles. The number of hydrogen-bond donors (Lipinski definition) is 0. The molecule has 0 aliphatic carbocycles. The van der Waals surface area contributed by atoms with Crippen LogP contribution < -0.4 is 29.6 Å². The van der Waals surface area contributed by atoms with Crippen molar-refractivity contribution in [2.75, 3.05) is 0 Å². The molecular weight excluding hydrogens is 343 g/mol. The zero-order chi connectivity index (χ0) is 17.0. The van der Waals surface area contributed by atoms with Crippen LogP contribution in [-0.4, -0.2) is 13.0 Å². The van der Waals surface area contributed by atoms with E-state index in [1.54, 1.807) is 18.2 Å². The first-order valence-corrected chi connectivity index (χ1v) is 8.84. The average Bonchev–Trinajstić information content (AvgIpc) is 2.60. The monoisotopic (exact) mass is 358 g/mol. The topological polar surface area (TPSA) is 57.2 Å². The molecule has 0 bridgehead atoms. The predicted octanol–water partition coefficient (Wildman–Crippen LogP) is 1.43. The van der Waals surface area contributed by atoms with E-state index in [2.05, 4.69) is 0 Å². The van der Waals surface area contributed by atoms with Gasteiger partial charge >= 0.3 is 29.6 Å². The van der Waals surface area contributed by atoms with E-state index < -0.39 is 10.1 Å². The van der Waals surface area contributed by atoms with Gasteiger partial charge in [0.1, 0.15) is 10.1 Å². The van der Waals surface area contributed by atoms with Crippen LogP contribution in [0.15, 0.2) is 83.8 Å². The third-order valence-corrected chi connectivity index (χ3v) is 4.56. The summed E-state index contributed by atoms with van der Waals surface area (Å²) in [6, 6.07) is 23.7. The third-order valence-electron chi connectivity index (χ3n) is 3.66. The molecule has 0 unspecified atom stereocenters. The Hall–Kier alpha value is -1.69. The van der Waals surface area contributed by atoms with E-state index in [1.807, 2.05) is 66.7 Å². The van der Waals surface area contributed by atoms with E-state index >= 15 is 0 Å². The van der Waals surface area contributed by atoms with Gasteiger partial charge in [0.15, 0.2) is 0 Å². The second-order valence-corrected chi connectivity index (χ2v) is 6.63. The number of rotatable bonds is 4. The SMILES string of the molecule is O=S(=O)([O-])c1cccc(-c2ccccc2)c1C=Cc1ccccc1.[Na+]. The molecule has 0 radical (unpaired) electrons. The summed E-state index contributed by atoms with van der Waals surface area (Å²) in [4.78, 5) is -0.212. The predicted molar refractivity (Wildman–Crippen MR) is 95.2 cm³/mol. The molecule has 0 heterocycles. The number of benzene rings is 3. The van der Waals surface area contributed by atoms with Crippen LogP contribution in [0.2, 0.25) is 0 Å². The van der Waals surface area contributed by atoms with E-state index in [0.29, 0.717) is 11.1 Å². The third kappa shape index (κ3) is 4.91. The molecule has 0 aromatic heterocycles. The summed E-state index contributed by atoms with van der Waals surface area (Å²) < 4.78 is 35.0. The van der Waals surface area contributed by atoms with E-state index in [1.165, 1.54) is 6.07 Å². The maximum Gasteiger partial charge on any atom is 1.00 e. The molecule has 3 aromatic rings. The molecule has 0 atom stereocenters. The minimum absolute atomic E-state index is 0. The Labute approximate surface area is 170 Å². The van der Waals surface area contributed by atoms with Gasteiger partial charge in [-0.3, -0.25) is 0 Å². The largest absolute Gasteiger partial charge is 1.00 e. The van der Waals surface area contributed by atoms with Crippen LogP contribution in [0, 0.1) is 0 Å². The summed E-state index contributed by atoms with van der Waals surface area (Å²) in [7, 11) is -4.57. The molecule has 0 fully saturated rings. The van der Waals surface area contributed by atoms with Gasteiger partial charge in [-0.15, -0.1) is 0 Å². The van der Waals surface area contributed by atoms with Gasteiger partial charge in [0.05, 0.1) is 4.90 Å². The fourth-order valence-corrected chi connectivity index (χ4v) is 3.24. The quantitative estimate of drug-likeness (QED) is 0.403. The van der Waals surface area contributed by atoms with Crippen molar-refractivity contribution in [2.24, 2.45) is 0 Å². The molecule has 0 amide bonds. The van der Waals surface area contributed by atoms with Crippen molar-refractivity contribution >= 4 is 22.3 Å². The van der Waals surface area contributed by atoms with Crippen molar-refractivity contribution in [3.05, 3.63) is 90.0 Å². The molecule has 0 saturated heterocycles. The molecule has 25 heavy (non-hydrogen) atoms. The van der Waals surface area contributed by atoms with Crippen molar-refractivity contribution in [1.82, 2.24) is 0 Å². The Morgan fingerprint density at radius 1 is 0.720 bits per heavy atom. The van der Waals surface area contributed by atoms with Crippen molar-refractivity contribution < 1.29 is 42.5 Å². The van der Waals surface area contributed by atoms with Gasteiger partial charge in [-0.2, -0.15) is 0 Å². The maximum atomic E-state index is 11.7. The summed E-state index contributed by atoms with van der Waals surface area (Å²) in [5, 5.41) is 0.